The van der Waals surface area contributed by atoms with E-state index in [4.69, 9.17) is 5.11 Å². The Morgan fingerprint density at radius 1 is 1.28 bits per heavy atom. The van der Waals surface area contributed by atoms with Crippen molar-refractivity contribution in [3.63, 3.8) is 0 Å². The Morgan fingerprint density at radius 2 is 2.06 bits per heavy atom. The predicted molar refractivity (Wildman–Crippen MR) is 68.0 cm³/mol. The zero-order valence-electron chi connectivity index (χ0n) is 10.7. The molecular formula is C14H21NO3. The maximum Gasteiger partial charge on any atom is 0.307 e. The number of carbonyl (C=O) groups is 2. The average molecular weight is 251 g/mol. The number of carboxylic acids is 1. The van der Waals surface area contributed by atoms with Crippen molar-refractivity contribution in [3.8, 4) is 0 Å². The zero-order valence-corrected chi connectivity index (χ0v) is 10.7. The Kier molecular flexibility index (Phi) is 4.39. The number of allylic oxidation sites excluding steroid dienone is 1. The quantitative estimate of drug-likeness (QED) is 0.735. The molecule has 18 heavy (non-hydrogen) atoms. The Balaban J connectivity index is 1.75. The third kappa shape index (κ3) is 3.12. The molecule has 0 unspecified atom stereocenters. The maximum absolute atomic E-state index is 11.9. The van der Waals surface area contributed by atoms with E-state index < -0.39 is 11.9 Å². The lowest BCUT2D eigenvalue weighted by Crippen LogP contribution is -2.35. The molecule has 0 aromatic heterocycles. The highest BCUT2D eigenvalue weighted by atomic mass is 16.4. The van der Waals surface area contributed by atoms with E-state index in [0.717, 1.165) is 25.7 Å². The molecule has 1 fully saturated rings. The van der Waals surface area contributed by atoms with E-state index in [1.807, 2.05) is 0 Å². The molecule has 0 heterocycles. The molecule has 0 spiro atoms. The molecule has 0 aromatic carbocycles. The first-order valence-corrected chi connectivity index (χ1v) is 6.87. The van der Waals surface area contributed by atoms with Crippen LogP contribution in [-0.4, -0.2) is 23.5 Å². The van der Waals surface area contributed by atoms with Gasteiger partial charge in [0.2, 0.25) is 5.91 Å². The first-order valence-electron chi connectivity index (χ1n) is 6.87. The van der Waals surface area contributed by atoms with Gasteiger partial charge in [0.25, 0.3) is 0 Å². The van der Waals surface area contributed by atoms with Gasteiger partial charge in [-0.25, -0.2) is 0 Å². The standard InChI is InChI=1S/C14H21NO3/c16-13(11-6-3-7-12(11)14(17)18)15-9-8-10-4-1-2-5-10/h4,11-12H,1-3,5-9H2,(H,15,16)(H,17,18)/t11-,12+/m1/s1. The summed E-state index contributed by atoms with van der Waals surface area (Å²) in [4.78, 5) is 23.0. The van der Waals surface area contributed by atoms with Crippen molar-refractivity contribution in [3.05, 3.63) is 11.6 Å². The Bertz CT molecular complexity index is 362. The minimum atomic E-state index is -0.828. The normalized spacial score (nSPS) is 27.0. The Labute approximate surface area is 107 Å². The number of amides is 1. The number of nitrogens with one attached hydrogen (secondary N) is 1. The van der Waals surface area contributed by atoms with Crippen molar-refractivity contribution in [2.75, 3.05) is 6.54 Å². The SMILES string of the molecule is O=C(O)[C@H]1CCC[C@H]1C(=O)NCCC1=CCCC1. The van der Waals surface area contributed by atoms with E-state index in [0.29, 0.717) is 19.4 Å². The minimum absolute atomic E-state index is 0.0708. The van der Waals surface area contributed by atoms with Gasteiger partial charge in [-0.05, 0) is 38.5 Å². The van der Waals surface area contributed by atoms with Crippen molar-refractivity contribution in [1.29, 1.82) is 0 Å². The van der Waals surface area contributed by atoms with Crippen LogP contribution in [0.5, 0.6) is 0 Å². The summed E-state index contributed by atoms with van der Waals surface area (Å²) >= 11 is 0. The number of aliphatic carboxylic acids is 1. The van der Waals surface area contributed by atoms with E-state index in [2.05, 4.69) is 11.4 Å². The van der Waals surface area contributed by atoms with Crippen molar-refractivity contribution in [2.45, 2.75) is 44.9 Å². The van der Waals surface area contributed by atoms with E-state index in [-0.39, 0.29) is 11.8 Å². The summed E-state index contributed by atoms with van der Waals surface area (Å²) < 4.78 is 0. The van der Waals surface area contributed by atoms with E-state index in [9.17, 15) is 9.59 Å². The zero-order chi connectivity index (χ0) is 13.0. The number of rotatable bonds is 5. The highest BCUT2D eigenvalue weighted by Crippen LogP contribution is 2.32. The minimum Gasteiger partial charge on any atom is -0.481 e. The molecule has 2 N–H and O–H groups in total. The molecule has 100 valence electrons. The van der Waals surface area contributed by atoms with Gasteiger partial charge in [0.15, 0.2) is 0 Å². The fourth-order valence-corrected chi connectivity index (χ4v) is 3.01. The van der Waals surface area contributed by atoms with Crippen LogP contribution in [0.25, 0.3) is 0 Å². The van der Waals surface area contributed by atoms with Gasteiger partial charge in [0, 0.05) is 6.54 Å². The van der Waals surface area contributed by atoms with Crippen LogP contribution in [0.2, 0.25) is 0 Å². The van der Waals surface area contributed by atoms with E-state index in [1.54, 1.807) is 0 Å². The molecule has 1 amide bonds. The van der Waals surface area contributed by atoms with Crippen molar-refractivity contribution >= 4 is 11.9 Å². The molecule has 4 nitrogen and oxygen atoms in total. The molecule has 4 heteroatoms. The van der Waals surface area contributed by atoms with E-state index >= 15 is 0 Å². The summed E-state index contributed by atoms with van der Waals surface area (Å²) in [6.45, 7) is 0.646. The molecular weight excluding hydrogens is 230 g/mol. The molecule has 2 atom stereocenters. The fourth-order valence-electron chi connectivity index (χ4n) is 3.01. The molecule has 0 bridgehead atoms. The highest BCUT2D eigenvalue weighted by Gasteiger charge is 2.37. The largest absolute Gasteiger partial charge is 0.481 e. The third-order valence-corrected chi connectivity index (χ3v) is 4.05. The van der Waals surface area contributed by atoms with Crippen molar-refractivity contribution in [1.82, 2.24) is 5.32 Å². The van der Waals surface area contributed by atoms with Gasteiger partial charge < -0.3 is 10.4 Å². The molecule has 0 aromatic rings. The van der Waals surface area contributed by atoms with Crippen molar-refractivity contribution < 1.29 is 14.7 Å². The van der Waals surface area contributed by atoms with Crippen LogP contribution in [0.3, 0.4) is 0 Å². The molecule has 0 aliphatic heterocycles. The van der Waals surface area contributed by atoms with Crippen LogP contribution in [0.1, 0.15) is 44.9 Å². The van der Waals surface area contributed by atoms with E-state index in [1.165, 1.54) is 12.0 Å². The summed E-state index contributed by atoms with van der Waals surface area (Å²) in [5.41, 5.74) is 1.43. The Hall–Kier alpha value is -1.32. The van der Waals surface area contributed by atoms with Crippen LogP contribution >= 0.6 is 0 Å². The van der Waals surface area contributed by atoms with Gasteiger partial charge in [0.05, 0.1) is 11.8 Å². The summed E-state index contributed by atoms with van der Waals surface area (Å²) in [5.74, 6) is -1.69. The second-order valence-electron chi connectivity index (χ2n) is 5.28. The Morgan fingerprint density at radius 3 is 2.72 bits per heavy atom. The number of carbonyl (C=O) groups excluding carboxylic acids is 1. The third-order valence-electron chi connectivity index (χ3n) is 4.05. The van der Waals surface area contributed by atoms with Gasteiger partial charge >= 0.3 is 5.97 Å². The van der Waals surface area contributed by atoms with Crippen LogP contribution in [-0.2, 0) is 9.59 Å². The highest BCUT2D eigenvalue weighted by molar-refractivity contribution is 5.85. The number of carboxylic acid groups (broad SMARTS) is 1. The second-order valence-corrected chi connectivity index (χ2v) is 5.28. The number of hydrogen-bond donors (Lipinski definition) is 2. The smallest absolute Gasteiger partial charge is 0.307 e. The lowest BCUT2D eigenvalue weighted by Gasteiger charge is -2.15. The van der Waals surface area contributed by atoms with Gasteiger partial charge in [-0.3, -0.25) is 9.59 Å². The van der Waals surface area contributed by atoms with Gasteiger partial charge in [0.1, 0.15) is 0 Å². The van der Waals surface area contributed by atoms with Gasteiger partial charge in [-0.1, -0.05) is 18.1 Å². The first-order chi connectivity index (χ1) is 8.68. The monoisotopic (exact) mass is 251 g/mol. The van der Waals surface area contributed by atoms with Crippen molar-refractivity contribution in [2.24, 2.45) is 11.8 Å². The molecule has 2 aliphatic rings. The maximum atomic E-state index is 11.9. The lowest BCUT2D eigenvalue weighted by molar-refractivity contribution is -0.146. The summed E-state index contributed by atoms with van der Waals surface area (Å²) in [6, 6.07) is 0. The molecule has 1 saturated carbocycles. The topological polar surface area (TPSA) is 66.4 Å². The predicted octanol–water partition coefficient (Wildman–Crippen LogP) is 2.10. The van der Waals surface area contributed by atoms with Crippen LogP contribution in [0.15, 0.2) is 11.6 Å². The molecule has 0 saturated heterocycles. The number of hydrogen-bond acceptors (Lipinski definition) is 2. The average Bonchev–Trinajstić information content (AvgIpc) is 2.99. The second kappa shape index (κ2) is 6.03. The van der Waals surface area contributed by atoms with Gasteiger partial charge in [-0.15, -0.1) is 0 Å². The van der Waals surface area contributed by atoms with Crippen LogP contribution < -0.4 is 5.32 Å². The molecule has 2 rings (SSSR count). The fraction of sp³-hybridized carbons (Fsp3) is 0.714. The lowest BCUT2D eigenvalue weighted by atomic mass is 9.95. The summed E-state index contributed by atoms with van der Waals surface area (Å²) in [7, 11) is 0. The molecule has 0 radical (unpaired) electrons. The summed E-state index contributed by atoms with van der Waals surface area (Å²) in [5, 5.41) is 11.9. The first kappa shape index (κ1) is 13.1. The molecule has 2 aliphatic carbocycles. The summed E-state index contributed by atoms with van der Waals surface area (Å²) in [6.07, 6.45) is 8.90. The van der Waals surface area contributed by atoms with Crippen LogP contribution in [0, 0.1) is 11.8 Å². The van der Waals surface area contributed by atoms with Crippen LogP contribution in [0.4, 0.5) is 0 Å². The van der Waals surface area contributed by atoms with Gasteiger partial charge in [-0.2, -0.15) is 0 Å².